The largest absolute Gasteiger partial charge is 0.490 e. The number of benzene rings is 1. The van der Waals surface area contributed by atoms with Gasteiger partial charge in [-0.1, -0.05) is 52.0 Å². The van der Waals surface area contributed by atoms with Crippen molar-refractivity contribution in [1.29, 1.82) is 0 Å². The van der Waals surface area contributed by atoms with E-state index in [0.717, 1.165) is 12.2 Å². The Morgan fingerprint density at radius 3 is 2.50 bits per heavy atom. The molecule has 1 aliphatic heterocycles. The SMILES string of the molecule is CC.CC.CC(=O)N(NC(=S)C1=C(F)C=CC(F)=CC1)C1c2cccc(F)c2OCC1CCN. The fraction of sp³-hybridized carbons (Fsp3) is 0.440. The molecule has 2 atom stereocenters. The van der Waals surface area contributed by atoms with Crippen molar-refractivity contribution in [1.82, 2.24) is 10.4 Å². The summed E-state index contributed by atoms with van der Waals surface area (Å²) in [5.74, 6) is -2.41. The Morgan fingerprint density at radius 2 is 1.88 bits per heavy atom. The van der Waals surface area contributed by atoms with Gasteiger partial charge in [0.1, 0.15) is 16.6 Å². The van der Waals surface area contributed by atoms with Crippen molar-refractivity contribution < 1.29 is 22.7 Å². The highest BCUT2D eigenvalue weighted by Gasteiger charge is 2.38. The predicted octanol–water partition coefficient (Wildman–Crippen LogP) is 5.99. The molecule has 1 amide bonds. The average molecular weight is 498 g/mol. The molecule has 0 fully saturated rings. The van der Waals surface area contributed by atoms with E-state index in [4.69, 9.17) is 22.7 Å². The minimum Gasteiger partial charge on any atom is -0.490 e. The van der Waals surface area contributed by atoms with Crippen LogP contribution in [-0.4, -0.2) is 29.1 Å². The van der Waals surface area contributed by atoms with Crippen LogP contribution >= 0.6 is 12.2 Å². The number of carbonyl (C=O) groups is 1. The van der Waals surface area contributed by atoms with Crippen LogP contribution in [0.15, 0.2) is 53.7 Å². The van der Waals surface area contributed by atoms with Gasteiger partial charge >= 0.3 is 0 Å². The van der Waals surface area contributed by atoms with Gasteiger partial charge in [-0.25, -0.2) is 18.2 Å². The number of ether oxygens (including phenoxy) is 1. The highest BCUT2D eigenvalue weighted by atomic mass is 32.1. The number of fused-ring (bicyclic) bond motifs is 1. The van der Waals surface area contributed by atoms with E-state index in [-0.39, 0.29) is 35.3 Å². The number of nitrogens with two attached hydrogens (primary N) is 1. The van der Waals surface area contributed by atoms with Gasteiger partial charge in [0.15, 0.2) is 11.6 Å². The number of hydrogen-bond donors (Lipinski definition) is 2. The zero-order valence-corrected chi connectivity index (χ0v) is 21.1. The Labute approximate surface area is 205 Å². The van der Waals surface area contributed by atoms with Crippen molar-refractivity contribution in [2.75, 3.05) is 13.2 Å². The van der Waals surface area contributed by atoms with Crippen molar-refractivity contribution >= 4 is 23.1 Å². The molecule has 2 unspecified atom stereocenters. The predicted molar refractivity (Wildman–Crippen MR) is 134 cm³/mol. The summed E-state index contributed by atoms with van der Waals surface area (Å²) in [7, 11) is 0. The molecule has 3 rings (SSSR count). The van der Waals surface area contributed by atoms with E-state index in [1.807, 2.05) is 27.7 Å². The Morgan fingerprint density at radius 1 is 1.21 bits per heavy atom. The number of nitrogens with zero attached hydrogens (tertiary/aromatic N) is 1. The Bertz CT molecular complexity index is 947. The lowest BCUT2D eigenvalue weighted by atomic mass is 9.87. The Kier molecular flexibility index (Phi) is 12.6. The smallest absolute Gasteiger partial charge is 0.238 e. The molecule has 0 saturated heterocycles. The number of hydrazine groups is 1. The van der Waals surface area contributed by atoms with Crippen LogP contribution in [0.1, 0.15) is 59.1 Å². The van der Waals surface area contributed by atoms with E-state index in [9.17, 15) is 18.0 Å². The van der Waals surface area contributed by atoms with E-state index in [0.29, 0.717) is 18.5 Å². The van der Waals surface area contributed by atoms with Crippen molar-refractivity contribution in [2.45, 2.75) is 53.5 Å². The molecule has 1 heterocycles. The Balaban J connectivity index is 0.00000137. The monoisotopic (exact) mass is 497 g/mol. The van der Waals surface area contributed by atoms with Gasteiger partial charge < -0.3 is 10.5 Å². The maximum absolute atomic E-state index is 14.4. The van der Waals surface area contributed by atoms with Crippen molar-refractivity contribution in [3.8, 4) is 5.75 Å². The summed E-state index contributed by atoms with van der Waals surface area (Å²) in [6.07, 6.45) is 3.61. The van der Waals surface area contributed by atoms with Gasteiger partial charge in [-0.3, -0.25) is 10.2 Å². The summed E-state index contributed by atoms with van der Waals surface area (Å²) in [5.41, 5.74) is 9.03. The number of nitrogens with one attached hydrogen (secondary N) is 1. The second-order valence-electron chi connectivity index (χ2n) is 7.03. The van der Waals surface area contributed by atoms with Gasteiger partial charge in [0.05, 0.1) is 12.6 Å². The standard InChI is InChI=1S/C21H22F3N3O2S.2C2H6/c1-12(28)27(26-21(30)15-7-5-14(22)6-8-17(15)23)19-13(9-10-25)11-29-20-16(19)3-2-4-18(20)24;2*1-2/h2-6,8,13,19H,7,9-11,25H2,1H3,(H,26,30);2*1-2H3. The van der Waals surface area contributed by atoms with Gasteiger partial charge in [0.2, 0.25) is 5.91 Å². The minimum absolute atomic E-state index is 0.0436. The third-order valence-corrected chi connectivity index (χ3v) is 5.37. The topological polar surface area (TPSA) is 67.6 Å². The number of halogens is 3. The minimum atomic E-state index is -0.697. The zero-order chi connectivity index (χ0) is 25.8. The van der Waals surface area contributed by atoms with E-state index >= 15 is 0 Å². The van der Waals surface area contributed by atoms with E-state index < -0.39 is 29.4 Å². The van der Waals surface area contributed by atoms with Crippen molar-refractivity contribution in [3.05, 3.63) is 65.0 Å². The molecule has 0 radical (unpaired) electrons. The van der Waals surface area contributed by atoms with Crippen LogP contribution in [0.2, 0.25) is 0 Å². The summed E-state index contributed by atoms with van der Waals surface area (Å²) < 4.78 is 47.7. The number of thiocarbonyl (C=S) groups is 1. The normalized spacial score (nSPS) is 18.6. The molecule has 1 aromatic carbocycles. The van der Waals surface area contributed by atoms with Crippen LogP contribution in [0.4, 0.5) is 13.2 Å². The van der Waals surface area contributed by atoms with Gasteiger partial charge in [0, 0.05) is 24.0 Å². The molecule has 1 aromatic rings. The highest BCUT2D eigenvalue weighted by Crippen LogP contribution is 2.41. The first-order valence-electron chi connectivity index (χ1n) is 11.5. The number of amides is 1. The van der Waals surface area contributed by atoms with Crippen LogP contribution in [0, 0.1) is 11.7 Å². The summed E-state index contributed by atoms with van der Waals surface area (Å²) in [6.45, 7) is 9.81. The van der Waals surface area contributed by atoms with Crippen LogP contribution in [0.3, 0.4) is 0 Å². The van der Waals surface area contributed by atoms with Crippen LogP contribution < -0.4 is 15.9 Å². The number of carbonyl (C=O) groups excluding carboxylic acids is 1. The molecule has 3 N–H and O–H groups in total. The van der Waals surface area contributed by atoms with Crippen LogP contribution in [0.5, 0.6) is 5.75 Å². The first-order valence-corrected chi connectivity index (χ1v) is 11.9. The second kappa shape index (κ2) is 14.6. The molecule has 0 aromatic heterocycles. The maximum atomic E-state index is 14.4. The molecule has 5 nitrogen and oxygen atoms in total. The molecule has 0 spiro atoms. The van der Waals surface area contributed by atoms with Gasteiger partial charge in [-0.2, -0.15) is 0 Å². The van der Waals surface area contributed by atoms with E-state index in [1.165, 1.54) is 30.1 Å². The summed E-state index contributed by atoms with van der Waals surface area (Å²) in [6, 6.07) is 3.82. The molecule has 1 aliphatic carbocycles. The summed E-state index contributed by atoms with van der Waals surface area (Å²) >= 11 is 5.32. The lowest BCUT2D eigenvalue weighted by molar-refractivity contribution is -0.136. The van der Waals surface area contributed by atoms with Crippen LogP contribution in [-0.2, 0) is 4.79 Å². The molecular weight excluding hydrogens is 463 g/mol. The maximum Gasteiger partial charge on any atom is 0.238 e. The van der Waals surface area contributed by atoms with Gasteiger partial charge in [-0.05, 0) is 43.7 Å². The molecule has 9 heteroatoms. The summed E-state index contributed by atoms with van der Waals surface area (Å²) in [5, 5.41) is 1.25. The van der Waals surface area contributed by atoms with Gasteiger partial charge in [0.25, 0.3) is 0 Å². The number of para-hydroxylation sites is 1. The number of rotatable bonds is 4. The lowest BCUT2D eigenvalue weighted by Crippen LogP contribution is -2.51. The van der Waals surface area contributed by atoms with Crippen molar-refractivity contribution in [2.24, 2.45) is 11.7 Å². The molecule has 34 heavy (non-hydrogen) atoms. The van der Waals surface area contributed by atoms with Crippen molar-refractivity contribution in [3.63, 3.8) is 0 Å². The van der Waals surface area contributed by atoms with E-state index in [2.05, 4.69) is 5.43 Å². The zero-order valence-electron chi connectivity index (χ0n) is 20.3. The molecule has 2 aliphatic rings. The third kappa shape index (κ3) is 7.17. The quantitative estimate of drug-likeness (QED) is 0.395. The molecular formula is C25H34F3N3O2S. The summed E-state index contributed by atoms with van der Waals surface area (Å²) in [4.78, 5) is 12.5. The molecule has 188 valence electrons. The number of allylic oxidation sites excluding steroid dienone is 5. The van der Waals surface area contributed by atoms with Crippen LogP contribution in [0.25, 0.3) is 0 Å². The first kappa shape index (κ1) is 29.4. The fourth-order valence-electron chi connectivity index (χ4n) is 3.59. The lowest BCUT2D eigenvalue weighted by Gasteiger charge is -2.41. The Hall–Kier alpha value is -2.65. The highest BCUT2D eigenvalue weighted by molar-refractivity contribution is 7.80. The molecule has 0 bridgehead atoms. The molecule has 0 saturated carbocycles. The second-order valence-corrected chi connectivity index (χ2v) is 7.44. The first-order chi connectivity index (χ1) is 16.3. The average Bonchev–Trinajstić information content (AvgIpc) is 3.01. The number of hydrogen-bond acceptors (Lipinski definition) is 4. The van der Waals surface area contributed by atoms with Gasteiger partial charge in [-0.15, -0.1) is 0 Å². The van der Waals surface area contributed by atoms with E-state index in [1.54, 1.807) is 6.07 Å². The fourth-order valence-corrected chi connectivity index (χ4v) is 3.87. The third-order valence-electron chi connectivity index (χ3n) is 5.03.